The quantitative estimate of drug-likeness (QED) is 0.661. The van der Waals surface area contributed by atoms with Gasteiger partial charge in [-0.3, -0.25) is 0 Å². The van der Waals surface area contributed by atoms with E-state index in [9.17, 15) is 5.11 Å². The van der Waals surface area contributed by atoms with Crippen molar-refractivity contribution >= 4 is 0 Å². The molecule has 0 aromatic carbocycles. The van der Waals surface area contributed by atoms with Gasteiger partial charge >= 0.3 is 0 Å². The molecule has 0 saturated heterocycles. The Bertz CT molecular complexity index is 186. The number of aliphatic hydroxyl groups is 1. The maximum absolute atomic E-state index is 10.4. The minimum atomic E-state index is -0.277. The van der Waals surface area contributed by atoms with Gasteiger partial charge in [-0.05, 0) is 49.9 Å². The normalized spacial score (nSPS) is 50.5. The zero-order valence-electron chi connectivity index (χ0n) is 8.92. The zero-order chi connectivity index (χ0) is 9.47. The van der Waals surface area contributed by atoms with Crippen molar-refractivity contribution in [1.29, 1.82) is 0 Å². The second-order valence-electron chi connectivity index (χ2n) is 5.55. The molecule has 1 N–H and O–H groups in total. The van der Waals surface area contributed by atoms with Crippen molar-refractivity contribution in [3.63, 3.8) is 0 Å². The zero-order valence-corrected chi connectivity index (χ0v) is 8.92. The summed E-state index contributed by atoms with van der Waals surface area (Å²) in [4.78, 5) is 0. The van der Waals surface area contributed by atoms with Crippen molar-refractivity contribution < 1.29 is 5.11 Å². The predicted octanol–water partition coefficient (Wildman–Crippen LogP) is 2.97. The Morgan fingerprint density at radius 2 is 2.00 bits per heavy atom. The molecular weight excluding hydrogens is 160 g/mol. The second kappa shape index (κ2) is 3.27. The standard InChI is InChI=1S/C12H22O/c1-3-10-5-11-4-9(2)6-12(13,7-10)8-11/h9-11,13H,3-8H2,1-2H3. The number of hydrogen-bond donors (Lipinski definition) is 1. The van der Waals surface area contributed by atoms with E-state index < -0.39 is 0 Å². The highest BCUT2D eigenvalue weighted by Crippen LogP contribution is 2.47. The van der Waals surface area contributed by atoms with Crippen molar-refractivity contribution in [3.05, 3.63) is 0 Å². The Morgan fingerprint density at radius 1 is 1.23 bits per heavy atom. The van der Waals surface area contributed by atoms with Crippen LogP contribution in [0.3, 0.4) is 0 Å². The molecule has 4 unspecified atom stereocenters. The van der Waals surface area contributed by atoms with Gasteiger partial charge in [0.05, 0.1) is 5.60 Å². The van der Waals surface area contributed by atoms with E-state index in [-0.39, 0.29) is 5.60 Å². The van der Waals surface area contributed by atoms with E-state index in [4.69, 9.17) is 0 Å². The summed E-state index contributed by atoms with van der Waals surface area (Å²) in [6.07, 6.45) is 7.22. The number of hydrogen-bond acceptors (Lipinski definition) is 1. The van der Waals surface area contributed by atoms with Crippen LogP contribution in [-0.4, -0.2) is 10.7 Å². The molecule has 2 rings (SSSR count). The van der Waals surface area contributed by atoms with Crippen LogP contribution in [0, 0.1) is 17.8 Å². The summed E-state index contributed by atoms with van der Waals surface area (Å²) >= 11 is 0. The van der Waals surface area contributed by atoms with Gasteiger partial charge in [0.2, 0.25) is 0 Å². The summed E-state index contributed by atoms with van der Waals surface area (Å²) in [6, 6.07) is 0. The topological polar surface area (TPSA) is 20.2 Å². The van der Waals surface area contributed by atoms with Gasteiger partial charge in [-0.2, -0.15) is 0 Å². The molecule has 2 bridgehead atoms. The van der Waals surface area contributed by atoms with E-state index in [1.54, 1.807) is 0 Å². The molecule has 76 valence electrons. The monoisotopic (exact) mass is 182 g/mol. The second-order valence-corrected chi connectivity index (χ2v) is 5.55. The lowest BCUT2D eigenvalue weighted by Gasteiger charge is -2.47. The van der Waals surface area contributed by atoms with Crippen molar-refractivity contribution in [3.8, 4) is 0 Å². The Labute approximate surface area is 81.5 Å². The lowest BCUT2D eigenvalue weighted by molar-refractivity contribution is -0.0832. The van der Waals surface area contributed by atoms with E-state index in [2.05, 4.69) is 13.8 Å². The molecule has 2 saturated carbocycles. The largest absolute Gasteiger partial charge is 0.390 e. The Morgan fingerprint density at radius 3 is 2.62 bits per heavy atom. The molecule has 4 atom stereocenters. The fourth-order valence-electron chi connectivity index (χ4n) is 3.75. The molecular formula is C12H22O. The smallest absolute Gasteiger partial charge is 0.0655 e. The van der Waals surface area contributed by atoms with E-state index in [1.165, 1.54) is 19.3 Å². The van der Waals surface area contributed by atoms with Gasteiger partial charge in [-0.25, -0.2) is 0 Å². The molecule has 0 aromatic rings. The van der Waals surface area contributed by atoms with Crippen LogP contribution in [0.25, 0.3) is 0 Å². The summed E-state index contributed by atoms with van der Waals surface area (Å²) in [7, 11) is 0. The molecule has 0 amide bonds. The van der Waals surface area contributed by atoms with Gasteiger partial charge in [0.25, 0.3) is 0 Å². The minimum Gasteiger partial charge on any atom is -0.390 e. The fourth-order valence-corrected chi connectivity index (χ4v) is 3.75. The van der Waals surface area contributed by atoms with Gasteiger partial charge in [-0.1, -0.05) is 20.3 Å². The van der Waals surface area contributed by atoms with Crippen LogP contribution >= 0.6 is 0 Å². The third-order valence-corrected chi connectivity index (χ3v) is 4.05. The van der Waals surface area contributed by atoms with Crippen molar-refractivity contribution in [1.82, 2.24) is 0 Å². The lowest BCUT2D eigenvalue weighted by Crippen LogP contribution is -2.44. The molecule has 0 aromatic heterocycles. The molecule has 2 fully saturated rings. The summed E-state index contributed by atoms with van der Waals surface area (Å²) in [5.74, 6) is 2.38. The third-order valence-electron chi connectivity index (χ3n) is 4.05. The van der Waals surface area contributed by atoms with E-state index in [1.807, 2.05) is 0 Å². The molecule has 0 spiro atoms. The molecule has 13 heavy (non-hydrogen) atoms. The molecule has 0 heterocycles. The maximum atomic E-state index is 10.4. The van der Waals surface area contributed by atoms with Gasteiger partial charge in [-0.15, -0.1) is 0 Å². The lowest BCUT2D eigenvalue weighted by atomic mass is 9.62. The number of fused-ring (bicyclic) bond motifs is 2. The fraction of sp³-hybridized carbons (Fsp3) is 1.00. The van der Waals surface area contributed by atoms with Crippen molar-refractivity contribution in [2.75, 3.05) is 0 Å². The molecule has 1 nitrogen and oxygen atoms in total. The maximum Gasteiger partial charge on any atom is 0.0655 e. The van der Waals surface area contributed by atoms with Gasteiger partial charge in [0, 0.05) is 0 Å². The van der Waals surface area contributed by atoms with E-state index in [0.717, 1.165) is 37.0 Å². The minimum absolute atomic E-state index is 0.277. The van der Waals surface area contributed by atoms with Crippen molar-refractivity contribution in [2.45, 2.75) is 58.0 Å². The van der Waals surface area contributed by atoms with Crippen LogP contribution < -0.4 is 0 Å². The SMILES string of the molecule is CCC1CC2CC(C)CC(O)(C1)C2. The average Bonchev–Trinajstić information content (AvgIpc) is 1.99. The molecule has 2 aliphatic rings. The highest BCUT2D eigenvalue weighted by atomic mass is 16.3. The van der Waals surface area contributed by atoms with Crippen LogP contribution in [0.2, 0.25) is 0 Å². The predicted molar refractivity (Wildman–Crippen MR) is 54.5 cm³/mol. The van der Waals surface area contributed by atoms with E-state index >= 15 is 0 Å². The third kappa shape index (κ3) is 1.90. The van der Waals surface area contributed by atoms with E-state index in [0.29, 0.717) is 0 Å². The van der Waals surface area contributed by atoms with Crippen LogP contribution in [0.5, 0.6) is 0 Å². The van der Waals surface area contributed by atoms with Gasteiger partial charge < -0.3 is 5.11 Å². The molecule has 2 aliphatic carbocycles. The number of rotatable bonds is 1. The molecule has 0 aliphatic heterocycles. The molecule has 1 heteroatoms. The first-order chi connectivity index (χ1) is 6.11. The van der Waals surface area contributed by atoms with Crippen LogP contribution in [-0.2, 0) is 0 Å². The van der Waals surface area contributed by atoms with Crippen LogP contribution in [0.4, 0.5) is 0 Å². The Balaban J connectivity index is 2.08. The Hall–Kier alpha value is -0.0400. The highest BCUT2D eigenvalue weighted by Gasteiger charge is 2.43. The molecule has 0 radical (unpaired) electrons. The first-order valence-corrected chi connectivity index (χ1v) is 5.83. The van der Waals surface area contributed by atoms with Gasteiger partial charge in [0.15, 0.2) is 0 Å². The highest BCUT2D eigenvalue weighted by molar-refractivity contribution is 4.95. The van der Waals surface area contributed by atoms with Crippen LogP contribution in [0.1, 0.15) is 52.4 Å². The van der Waals surface area contributed by atoms with Crippen LogP contribution in [0.15, 0.2) is 0 Å². The first kappa shape index (κ1) is 9.51. The summed E-state index contributed by atoms with van der Waals surface area (Å²) in [6.45, 7) is 4.56. The Kier molecular flexibility index (Phi) is 2.39. The summed E-state index contributed by atoms with van der Waals surface area (Å²) < 4.78 is 0. The van der Waals surface area contributed by atoms with Gasteiger partial charge in [0.1, 0.15) is 0 Å². The van der Waals surface area contributed by atoms with Crippen molar-refractivity contribution in [2.24, 2.45) is 17.8 Å². The summed E-state index contributed by atoms with van der Waals surface area (Å²) in [5, 5.41) is 10.4. The first-order valence-electron chi connectivity index (χ1n) is 5.83. The average molecular weight is 182 g/mol. The summed E-state index contributed by atoms with van der Waals surface area (Å²) in [5.41, 5.74) is -0.277.